The molecule has 1 unspecified atom stereocenters. The van der Waals surface area contributed by atoms with E-state index in [9.17, 15) is 15.3 Å². The predicted molar refractivity (Wildman–Crippen MR) is 40.2 cm³/mol. The summed E-state index contributed by atoms with van der Waals surface area (Å²) >= 11 is 0. The van der Waals surface area contributed by atoms with E-state index in [0.29, 0.717) is 18.4 Å². The first kappa shape index (κ1) is 8.19. The molecule has 2 aliphatic rings. The van der Waals surface area contributed by atoms with Gasteiger partial charge in [0.1, 0.15) is 5.60 Å². The number of hydrogen-bond acceptors (Lipinski definition) is 4. The van der Waals surface area contributed by atoms with Gasteiger partial charge >= 0.3 is 0 Å². The second kappa shape index (κ2) is 2.53. The quantitative estimate of drug-likeness (QED) is 0.416. The van der Waals surface area contributed by atoms with Crippen molar-refractivity contribution in [2.45, 2.75) is 30.8 Å². The molecule has 0 spiro atoms. The van der Waals surface area contributed by atoms with Gasteiger partial charge in [0.15, 0.2) is 6.29 Å². The van der Waals surface area contributed by atoms with E-state index >= 15 is 0 Å². The summed E-state index contributed by atoms with van der Waals surface area (Å²) in [6, 6.07) is 0. The summed E-state index contributed by atoms with van der Waals surface area (Å²) in [5, 5.41) is 28.4. The highest BCUT2D eigenvalue weighted by Crippen LogP contribution is 2.37. The van der Waals surface area contributed by atoms with Gasteiger partial charge in [-0.2, -0.15) is 0 Å². The van der Waals surface area contributed by atoms with Crippen LogP contribution in [0.3, 0.4) is 0 Å². The molecule has 68 valence electrons. The number of fused-ring (bicyclic) bond motifs is 1. The Morgan fingerprint density at radius 1 is 1.50 bits per heavy atom. The maximum Gasteiger partial charge on any atom is 0.188 e. The zero-order chi connectivity index (χ0) is 8.77. The first-order valence-electron chi connectivity index (χ1n) is 4.04. The van der Waals surface area contributed by atoms with Gasteiger partial charge in [-0.3, -0.25) is 0 Å². The van der Waals surface area contributed by atoms with Crippen LogP contribution in [-0.2, 0) is 4.74 Å². The number of rotatable bonds is 0. The molecule has 1 aliphatic heterocycles. The molecule has 12 heavy (non-hydrogen) atoms. The van der Waals surface area contributed by atoms with E-state index in [1.807, 2.05) is 0 Å². The molecule has 0 bridgehead atoms. The predicted octanol–water partition coefficient (Wildman–Crippen LogP) is -0.853. The van der Waals surface area contributed by atoms with Crippen LogP contribution in [0.4, 0.5) is 0 Å². The molecule has 1 saturated heterocycles. The molecule has 4 nitrogen and oxygen atoms in total. The van der Waals surface area contributed by atoms with Crippen LogP contribution in [0.25, 0.3) is 0 Å². The maximum absolute atomic E-state index is 9.84. The molecule has 0 aromatic heterocycles. The van der Waals surface area contributed by atoms with Crippen LogP contribution in [0.2, 0.25) is 0 Å². The number of ether oxygens (including phenoxy) is 1. The van der Waals surface area contributed by atoms with E-state index in [1.54, 1.807) is 6.08 Å². The summed E-state index contributed by atoms with van der Waals surface area (Å²) in [6.45, 7) is 0.217. The van der Waals surface area contributed by atoms with Crippen molar-refractivity contribution in [3.05, 3.63) is 11.6 Å². The molecule has 0 radical (unpaired) electrons. The maximum atomic E-state index is 9.84. The normalized spacial score (nSPS) is 47.1. The van der Waals surface area contributed by atoms with E-state index < -0.39 is 18.0 Å². The minimum atomic E-state index is -1.24. The summed E-state index contributed by atoms with van der Waals surface area (Å²) in [6.07, 6.45) is 0.770. The average molecular weight is 172 g/mol. The van der Waals surface area contributed by atoms with Gasteiger partial charge in [0.05, 0.1) is 12.7 Å². The third-order valence-electron chi connectivity index (χ3n) is 2.58. The van der Waals surface area contributed by atoms with Crippen LogP contribution >= 0.6 is 0 Å². The first-order valence-corrected chi connectivity index (χ1v) is 4.04. The van der Waals surface area contributed by atoms with Gasteiger partial charge in [0, 0.05) is 0 Å². The summed E-state index contributed by atoms with van der Waals surface area (Å²) in [5.74, 6) is 0. The molecule has 2 rings (SSSR count). The molecule has 4 heteroatoms. The molecule has 3 atom stereocenters. The zero-order valence-electron chi connectivity index (χ0n) is 6.60. The summed E-state index contributed by atoms with van der Waals surface area (Å²) in [4.78, 5) is 0. The smallest absolute Gasteiger partial charge is 0.188 e. The van der Waals surface area contributed by atoms with Gasteiger partial charge < -0.3 is 20.1 Å². The van der Waals surface area contributed by atoms with Crippen molar-refractivity contribution in [2.24, 2.45) is 0 Å². The Kier molecular flexibility index (Phi) is 1.73. The minimum Gasteiger partial charge on any atom is -0.389 e. The molecular weight excluding hydrogens is 160 g/mol. The summed E-state index contributed by atoms with van der Waals surface area (Å²) < 4.78 is 4.88. The molecule has 1 heterocycles. The van der Waals surface area contributed by atoms with Crippen molar-refractivity contribution in [2.75, 3.05) is 6.61 Å². The fourth-order valence-electron chi connectivity index (χ4n) is 1.75. The number of aliphatic hydroxyl groups excluding tert-OH is 2. The van der Waals surface area contributed by atoms with Gasteiger partial charge in [-0.15, -0.1) is 0 Å². The third-order valence-corrected chi connectivity index (χ3v) is 2.58. The molecule has 0 amide bonds. The van der Waals surface area contributed by atoms with Crippen molar-refractivity contribution in [3.63, 3.8) is 0 Å². The van der Waals surface area contributed by atoms with Crippen molar-refractivity contribution >= 4 is 0 Å². The van der Waals surface area contributed by atoms with Crippen molar-refractivity contribution in [3.8, 4) is 0 Å². The second-order valence-electron chi connectivity index (χ2n) is 3.39. The van der Waals surface area contributed by atoms with Crippen molar-refractivity contribution in [1.29, 1.82) is 0 Å². The van der Waals surface area contributed by atoms with E-state index in [2.05, 4.69) is 0 Å². The molecule has 0 saturated carbocycles. The van der Waals surface area contributed by atoms with Crippen molar-refractivity contribution < 1.29 is 20.1 Å². The largest absolute Gasteiger partial charge is 0.389 e. The Morgan fingerprint density at radius 2 is 2.25 bits per heavy atom. The Morgan fingerprint density at radius 3 is 3.00 bits per heavy atom. The lowest BCUT2D eigenvalue weighted by Gasteiger charge is -2.30. The van der Waals surface area contributed by atoms with E-state index in [-0.39, 0.29) is 6.61 Å². The third kappa shape index (κ3) is 0.998. The van der Waals surface area contributed by atoms with Gasteiger partial charge in [-0.25, -0.2) is 0 Å². The molecule has 1 fully saturated rings. The van der Waals surface area contributed by atoms with Crippen LogP contribution < -0.4 is 0 Å². The Hall–Kier alpha value is -0.420. The van der Waals surface area contributed by atoms with E-state index in [4.69, 9.17) is 4.74 Å². The highest BCUT2D eigenvalue weighted by Gasteiger charge is 2.47. The SMILES string of the molecule is OC1OCC2=C[C@@H](O)CC[C@]21O. The average Bonchev–Trinajstić information content (AvgIpc) is 2.31. The van der Waals surface area contributed by atoms with E-state index in [0.717, 1.165) is 0 Å². The van der Waals surface area contributed by atoms with Crippen LogP contribution in [-0.4, -0.2) is 39.9 Å². The van der Waals surface area contributed by atoms with Crippen LogP contribution in [0.15, 0.2) is 11.6 Å². The van der Waals surface area contributed by atoms with E-state index in [1.165, 1.54) is 0 Å². The fraction of sp³-hybridized carbons (Fsp3) is 0.750. The molecule has 1 aliphatic carbocycles. The van der Waals surface area contributed by atoms with Gasteiger partial charge in [-0.1, -0.05) is 6.08 Å². The van der Waals surface area contributed by atoms with Crippen LogP contribution in [0.5, 0.6) is 0 Å². The highest BCUT2D eigenvalue weighted by atomic mass is 16.6. The number of hydrogen-bond donors (Lipinski definition) is 3. The minimum absolute atomic E-state index is 0.217. The molecular formula is C8H12O4. The fourth-order valence-corrected chi connectivity index (χ4v) is 1.75. The Bertz CT molecular complexity index is 225. The molecule has 0 aromatic rings. The summed E-state index contributed by atoms with van der Waals surface area (Å²) in [7, 11) is 0. The monoisotopic (exact) mass is 172 g/mol. The highest BCUT2D eigenvalue weighted by molar-refractivity contribution is 5.26. The van der Waals surface area contributed by atoms with Crippen molar-refractivity contribution in [1.82, 2.24) is 0 Å². The second-order valence-corrected chi connectivity index (χ2v) is 3.39. The van der Waals surface area contributed by atoms with Gasteiger partial charge in [0.2, 0.25) is 0 Å². The standard InChI is InChI=1S/C8H12O4/c9-6-1-2-8(11)5(3-6)4-12-7(8)10/h3,6-7,9-11H,1-2,4H2/t6-,7?,8-/m0/s1. The lowest BCUT2D eigenvalue weighted by atomic mass is 9.84. The molecule has 0 aromatic carbocycles. The van der Waals surface area contributed by atoms with Gasteiger partial charge in [0.25, 0.3) is 0 Å². The lowest BCUT2D eigenvalue weighted by molar-refractivity contribution is -0.158. The molecule has 3 N–H and O–H groups in total. The summed E-state index contributed by atoms with van der Waals surface area (Å²) in [5.41, 5.74) is -0.632. The number of aliphatic hydroxyl groups is 3. The zero-order valence-corrected chi connectivity index (χ0v) is 6.60. The Labute approximate surface area is 70.1 Å². The first-order chi connectivity index (χ1) is 5.63. The van der Waals surface area contributed by atoms with Crippen LogP contribution in [0, 0.1) is 0 Å². The van der Waals surface area contributed by atoms with Gasteiger partial charge in [-0.05, 0) is 18.4 Å². The van der Waals surface area contributed by atoms with Crippen LogP contribution in [0.1, 0.15) is 12.8 Å². The Balaban J connectivity index is 2.31. The topological polar surface area (TPSA) is 69.9 Å². The lowest BCUT2D eigenvalue weighted by Crippen LogP contribution is -2.42.